The zero-order valence-electron chi connectivity index (χ0n) is 15.8. The van der Waals surface area contributed by atoms with Crippen LogP contribution < -0.4 is 20.3 Å². The number of benzene rings is 1. The molecule has 1 aliphatic heterocycles. The summed E-state index contributed by atoms with van der Waals surface area (Å²) in [5.74, 6) is 1.76. The number of nitrogens with one attached hydrogen (secondary N) is 2. The molecule has 1 atom stereocenters. The largest absolute Gasteiger partial charge is 0.497 e. The molecule has 0 spiro atoms. The summed E-state index contributed by atoms with van der Waals surface area (Å²) < 4.78 is 19.1. The second-order valence-electron chi connectivity index (χ2n) is 6.48. The molecule has 2 heterocycles. The van der Waals surface area contributed by atoms with Gasteiger partial charge < -0.3 is 20.3 Å². The summed E-state index contributed by atoms with van der Waals surface area (Å²) in [5.41, 5.74) is 1.23. The quantitative estimate of drug-likeness (QED) is 0.602. The summed E-state index contributed by atoms with van der Waals surface area (Å²) in [6.45, 7) is 2.25. The number of halogens is 1. The number of guanidine groups is 1. The van der Waals surface area contributed by atoms with E-state index < -0.39 is 0 Å². The third kappa shape index (κ3) is 5.09. The lowest BCUT2D eigenvalue weighted by molar-refractivity contribution is 0.414. The van der Waals surface area contributed by atoms with Crippen molar-refractivity contribution >= 4 is 11.8 Å². The number of methoxy groups -OCH3 is 1. The van der Waals surface area contributed by atoms with Gasteiger partial charge in [-0.2, -0.15) is 0 Å². The van der Waals surface area contributed by atoms with Gasteiger partial charge in [-0.1, -0.05) is 12.1 Å². The first kappa shape index (κ1) is 18.9. The second kappa shape index (κ2) is 9.21. The number of anilines is 1. The molecule has 6 nitrogen and oxygen atoms in total. The summed E-state index contributed by atoms with van der Waals surface area (Å²) in [6.07, 6.45) is 3.43. The normalized spacial score (nSPS) is 17.1. The van der Waals surface area contributed by atoms with Gasteiger partial charge in [0.25, 0.3) is 0 Å². The molecule has 0 aliphatic carbocycles. The van der Waals surface area contributed by atoms with Crippen LogP contribution in [0.2, 0.25) is 0 Å². The fraction of sp³-hybridized carbons (Fsp3) is 0.400. The fourth-order valence-electron chi connectivity index (χ4n) is 3.19. The lowest BCUT2D eigenvalue weighted by Gasteiger charge is -2.20. The minimum absolute atomic E-state index is 0.207. The summed E-state index contributed by atoms with van der Waals surface area (Å²) in [6, 6.07) is 11.3. The lowest BCUT2D eigenvalue weighted by atomic mass is 10.1. The molecule has 1 unspecified atom stereocenters. The Labute approximate surface area is 159 Å². The Hall–Kier alpha value is -2.83. The van der Waals surface area contributed by atoms with Gasteiger partial charge in [0.1, 0.15) is 5.75 Å². The number of rotatable bonds is 6. The molecule has 144 valence electrons. The lowest BCUT2D eigenvalue weighted by Crippen LogP contribution is -2.45. The average molecular weight is 371 g/mol. The van der Waals surface area contributed by atoms with Crippen molar-refractivity contribution in [2.45, 2.75) is 18.9 Å². The Bertz CT molecular complexity index is 765. The van der Waals surface area contributed by atoms with Crippen LogP contribution in [-0.2, 0) is 6.42 Å². The van der Waals surface area contributed by atoms with Gasteiger partial charge in [0, 0.05) is 38.9 Å². The van der Waals surface area contributed by atoms with E-state index >= 15 is 0 Å². The van der Waals surface area contributed by atoms with Crippen molar-refractivity contribution in [1.29, 1.82) is 0 Å². The van der Waals surface area contributed by atoms with Crippen molar-refractivity contribution in [1.82, 2.24) is 15.6 Å². The smallest absolute Gasteiger partial charge is 0.191 e. The van der Waals surface area contributed by atoms with E-state index in [0.29, 0.717) is 12.4 Å². The number of aliphatic imine (C=N–C) groups is 1. The SMILES string of the molecule is CN=C(NCCc1ccc(OC)cc1)NC1CCN(c2ncccc2F)C1. The van der Waals surface area contributed by atoms with Gasteiger partial charge in [0.15, 0.2) is 17.6 Å². The van der Waals surface area contributed by atoms with Gasteiger partial charge in [0.2, 0.25) is 0 Å². The van der Waals surface area contributed by atoms with Crippen molar-refractivity contribution in [3.63, 3.8) is 0 Å². The molecule has 0 radical (unpaired) electrons. The maximum atomic E-state index is 13.9. The third-order valence-corrected chi connectivity index (χ3v) is 4.66. The van der Waals surface area contributed by atoms with Gasteiger partial charge >= 0.3 is 0 Å². The molecular weight excluding hydrogens is 345 g/mol. The minimum Gasteiger partial charge on any atom is -0.497 e. The average Bonchev–Trinajstić information content (AvgIpc) is 3.16. The highest BCUT2D eigenvalue weighted by atomic mass is 19.1. The Morgan fingerprint density at radius 2 is 2.15 bits per heavy atom. The number of hydrogen-bond acceptors (Lipinski definition) is 4. The number of pyridine rings is 1. The fourth-order valence-corrected chi connectivity index (χ4v) is 3.19. The van der Waals surface area contributed by atoms with Crippen LogP contribution in [0, 0.1) is 5.82 Å². The van der Waals surface area contributed by atoms with Crippen molar-refractivity contribution in [2.24, 2.45) is 4.99 Å². The summed E-state index contributed by atoms with van der Waals surface area (Å²) in [5, 5.41) is 6.76. The van der Waals surface area contributed by atoms with Crippen LogP contribution in [0.3, 0.4) is 0 Å². The molecule has 2 N–H and O–H groups in total. The molecule has 1 aromatic heterocycles. The van der Waals surface area contributed by atoms with E-state index in [2.05, 4.69) is 32.7 Å². The third-order valence-electron chi connectivity index (χ3n) is 4.66. The van der Waals surface area contributed by atoms with Crippen LogP contribution in [0.5, 0.6) is 5.75 Å². The van der Waals surface area contributed by atoms with E-state index in [1.54, 1.807) is 26.4 Å². The van der Waals surface area contributed by atoms with Gasteiger partial charge in [-0.25, -0.2) is 9.37 Å². The van der Waals surface area contributed by atoms with Gasteiger partial charge in [-0.05, 0) is 42.7 Å². The highest BCUT2D eigenvalue weighted by molar-refractivity contribution is 5.80. The van der Waals surface area contributed by atoms with E-state index in [4.69, 9.17) is 4.74 Å². The van der Waals surface area contributed by atoms with E-state index in [1.807, 2.05) is 17.0 Å². The Morgan fingerprint density at radius 1 is 1.33 bits per heavy atom. The number of aromatic nitrogens is 1. The van der Waals surface area contributed by atoms with Crippen molar-refractivity contribution in [3.05, 3.63) is 54.0 Å². The van der Waals surface area contributed by atoms with Crippen LogP contribution in [0.4, 0.5) is 10.2 Å². The van der Waals surface area contributed by atoms with E-state index in [-0.39, 0.29) is 11.9 Å². The number of ether oxygens (including phenoxy) is 1. The predicted octanol–water partition coefficient (Wildman–Crippen LogP) is 2.22. The highest BCUT2D eigenvalue weighted by Gasteiger charge is 2.25. The van der Waals surface area contributed by atoms with E-state index in [9.17, 15) is 4.39 Å². The van der Waals surface area contributed by atoms with Gasteiger partial charge in [0.05, 0.1) is 7.11 Å². The summed E-state index contributed by atoms with van der Waals surface area (Å²) >= 11 is 0. The Morgan fingerprint density at radius 3 is 2.85 bits per heavy atom. The molecule has 3 rings (SSSR count). The van der Waals surface area contributed by atoms with Gasteiger partial charge in [-0.3, -0.25) is 4.99 Å². The van der Waals surface area contributed by atoms with Crippen LogP contribution in [0.15, 0.2) is 47.6 Å². The molecule has 27 heavy (non-hydrogen) atoms. The first-order chi connectivity index (χ1) is 13.2. The summed E-state index contributed by atoms with van der Waals surface area (Å²) in [4.78, 5) is 10.4. The van der Waals surface area contributed by atoms with Crippen molar-refractivity contribution in [3.8, 4) is 5.75 Å². The Balaban J connectivity index is 1.45. The number of hydrogen-bond donors (Lipinski definition) is 2. The van der Waals surface area contributed by atoms with E-state index in [1.165, 1.54) is 11.6 Å². The molecule has 0 saturated carbocycles. The maximum absolute atomic E-state index is 13.9. The first-order valence-corrected chi connectivity index (χ1v) is 9.15. The van der Waals surface area contributed by atoms with Crippen LogP contribution in [0.1, 0.15) is 12.0 Å². The molecule has 1 aromatic carbocycles. The zero-order chi connectivity index (χ0) is 19.1. The molecule has 7 heteroatoms. The maximum Gasteiger partial charge on any atom is 0.191 e. The molecule has 1 fully saturated rings. The van der Waals surface area contributed by atoms with Crippen LogP contribution in [-0.4, -0.2) is 50.8 Å². The zero-order valence-corrected chi connectivity index (χ0v) is 15.8. The molecule has 0 bridgehead atoms. The summed E-state index contributed by atoms with van der Waals surface area (Å²) in [7, 11) is 3.42. The van der Waals surface area contributed by atoms with Crippen LogP contribution in [0.25, 0.3) is 0 Å². The Kier molecular flexibility index (Phi) is 6.46. The van der Waals surface area contributed by atoms with E-state index in [0.717, 1.165) is 37.6 Å². The van der Waals surface area contributed by atoms with Crippen LogP contribution >= 0.6 is 0 Å². The predicted molar refractivity (Wildman–Crippen MR) is 106 cm³/mol. The standard InChI is InChI=1S/C20H26FN5O/c1-22-20(24-12-9-15-5-7-17(27-2)8-6-15)25-16-10-13-26(14-16)19-18(21)4-3-11-23-19/h3-8,11,16H,9-10,12-14H2,1-2H3,(H2,22,24,25). The minimum atomic E-state index is -0.278. The van der Waals surface area contributed by atoms with Gasteiger partial charge in [-0.15, -0.1) is 0 Å². The highest BCUT2D eigenvalue weighted by Crippen LogP contribution is 2.20. The molecule has 0 amide bonds. The molecule has 1 aliphatic rings. The van der Waals surface area contributed by atoms with Crippen molar-refractivity contribution < 1.29 is 9.13 Å². The molecule has 2 aromatic rings. The first-order valence-electron chi connectivity index (χ1n) is 9.15. The monoisotopic (exact) mass is 371 g/mol. The number of nitrogens with zero attached hydrogens (tertiary/aromatic N) is 3. The second-order valence-corrected chi connectivity index (χ2v) is 6.48. The topological polar surface area (TPSA) is 61.8 Å². The molecule has 1 saturated heterocycles. The molecular formula is C20H26FN5O. The van der Waals surface area contributed by atoms with Crippen molar-refractivity contribution in [2.75, 3.05) is 38.7 Å².